The van der Waals surface area contributed by atoms with Crippen LogP contribution in [0.2, 0.25) is 0 Å². The van der Waals surface area contributed by atoms with E-state index >= 15 is 0 Å². The Bertz CT molecular complexity index is 755. The summed E-state index contributed by atoms with van der Waals surface area (Å²) in [5.41, 5.74) is 2.72. The SMILES string of the molecule is Cc1ccc2c(=O)[nH]c3nnnn3c2c1C. The first kappa shape index (κ1) is 9.02. The van der Waals surface area contributed by atoms with Crippen LogP contribution in [0.25, 0.3) is 16.7 Å². The molecule has 3 rings (SSSR count). The first-order valence-electron chi connectivity index (χ1n) is 4.89. The molecule has 0 saturated carbocycles. The van der Waals surface area contributed by atoms with E-state index in [1.165, 1.54) is 0 Å². The van der Waals surface area contributed by atoms with E-state index in [9.17, 15) is 4.79 Å². The number of rotatable bonds is 0. The lowest BCUT2D eigenvalue weighted by Crippen LogP contribution is -2.11. The lowest BCUT2D eigenvalue weighted by atomic mass is 10.1. The largest absolute Gasteiger partial charge is 0.289 e. The van der Waals surface area contributed by atoms with Gasteiger partial charge in [-0.2, -0.15) is 4.52 Å². The van der Waals surface area contributed by atoms with Gasteiger partial charge in [-0.15, -0.1) is 0 Å². The van der Waals surface area contributed by atoms with E-state index in [1.54, 1.807) is 10.6 Å². The van der Waals surface area contributed by atoms with Crippen molar-refractivity contribution >= 4 is 16.7 Å². The summed E-state index contributed by atoms with van der Waals surface area (Å²) in [5.74, 6) is 0.367. The van der Waals surface area contributed by atoms with E-state index in [2.05, 4.69) is 20.5 Å². The Morgan fingerprint density at radius 3 is 2.94 bits per heavy atom. The van der Waals surface area contributed by atoms with Crippen molar-refractivity contribution in [1.29, 1.82) is 0 Å². The molecule has 0 fully saturated rings. The summed E-state index contributed by atoms with van der Waals surface area (Å²) in [5, 5.41) is 11.8. The standard InChI is InChI=1S/C10H9N5O/c1-5-3-4-7-8(6(5)2)15-10(11-9(7)16)12-13-14-15/h3-4H,1-2H3,(H,11,12,14,16). The number of aromatic nitrogens is 5. The first-order chi connectivity index (χ1) is 7.68. The molecular formula is C10H9N5O. The highest BCUT2D eigenvalue weighted by atomic mass is 16.1. The second-order valence-corrected chi connectivity index (χ2v) is 3.77. The summed E-state index contributed by atoms with van der Waals surface area (Å²) in [4.78, 5) is 14.4. The van der Waals surface area contributed by atoms with Crippen LogP contribution in [-0.2, 0) is 0 Å². The number of fused-ring (bicyclic) bond motifs is 3. The molecule has 3 aromatic rings. The van der Waals surface area contributed by atoms with Crippen molar-refractivity contribution < 1.29 is 0 Å². The zero-order valence-corrected chi connectivity index (χ0v) is 8.85. The minimum absolute atomic E-state index is 0.166. The van der Waals surface area contributed by atoms with Gasteiger partial charge in [0.1, 0.15) is 0 Å². The lowest BCUT2D eigenvalue weighted by Gasteiger charge is -2.05. The third kappa shape index (κ3) is 1.01. The molecule has 1 aromatic carbocycles. The highest BCUT2D eigenvalue weighted by molar-refractivity contribution is 5.83. The monoisotopic (exact) mass is 215 g/mol. The van der Waals surface area contributed by atoms with Crippen LogP contribution in [0.4, 0.5) is 0 Å². The zero-order chi connectivity index (χ0) is 11.3. The molecule has 0 amide bonds. The topological polar surface area (TPSA) is 75.9 Å². The molecule has 16 heavy (non-hydrogen) atoms. The van der Waals surface area contributed by atoms with Gasteiger partial charge in [-0.05, 0) is 41.5 Å². The summed E-state index contributed by atoms with van der Waals surface area (Å²) in [6.45, 7) is 3.95. The molecule has 0 atom stereocenters. The van der Waals surface area contributed by atoms with Crippen LogP contribution in [0.1, 0.15) is 11.1 Å². The Morgan fingerprint density at radius 2 is 2.12 bits per heavy atom. The second-order valence-electron chi connectivity index (χ2n) is 3.77. The smallest absolute Gasteiger partial charge is 0.260 e. The third-order valence-electron chi connectivity index (χ3n) is 2.85. The quantitative estimate of drug-likeness (QED) is 0.595. The van der Waals surface area contributed by atoms with Crippen molar-refractivity contribution in [2.75, 3.05) is 0 Å². The van der Waals surface area contributed by atoms with Gasteiger partial charge >= 0.3 is 0 Å². The molecule has 2 aromatic heterocycles. The van der Waals surface area contributed by atoms with Crippen LogP contribution < -0.4 is 5.56 Å². The van der Waals surface area contributed by atoms with Crippen molar-refractivity contribution in [1.82, 2.24) is 25.0 Å². The summed E-state index contributed by atoms with van der Waals surface area (Å²) in [7, 11) is 0. The Morgan fingerprint density at radius 1 is 1.31 bits per heavy atom. The van der Waals surface area contributed by atoms with Crippen LogP contribution >= 0.6 is 0 Å². The van der Waals surface area contributed by atoms with Crippen LogP contribution in [0, 0.1) is 13.8 Å². The van der Waals surface area contributed by atoms with Gasteiger partial charge in [-0.3, -0.25) is 9.78 Å². The number of aryl methyl sites for hydroxylation is 2. The average molecular weight is 215 g/mol. The maximum atomic E-state index is 11.8. The average Bonchev–Trinajstić information content (AvgIpc) is 2.70. The van der Waals surface area contributed by atoms with Crippen LogP contribution in [0.5, 0.6) is 0 Å². The fourth-order valence-electron chi connectivity index (χ4n) is 1.84. The van der Waals surface area contributed by atoms with Gasteiger partial charge < -0.3 is 0 Å². The van der Waals surface area contributed by atoms with E-state index in [0.29, 0.717) is 11.2 Å². The van der Waals surface area contributed by atoms with E-state index in [4.69, 9.17) is 0 Å². The number of hydrogen-bond donors (Lipinski definition) is 1. The molecule has 6 heteroatoms. The summed E-state index contributed by atoms with van der Waals surface area (Å²) < 4.78 is 1.55. The Kier molecular flexibility index (Phi) is 1.62. The zero-order valence-electron chi connectivity index (χ0n) is 8.85. The Balaban J connectivity index is 2.74. The van der Waals surface area contributed by atoms with Crippen molar-refractivity contribution in [3.05, 3.63) is 33.6 Å². The van der Waals surface area contributed by atoms with Gasteiger partial charge in [-0.25, -0.2) is 0 Å². The van der Waals surface area contributed by atoms with Gasteiger partial charge in [0, 0.05) is 0 Å². The number of nitrogens with zero attached hydrogens (tertiary/aromatic N) is 4. The molecule has 2 heterocycles. The number of tetrazole rings is 1. The normalized spacial score (nSPS) is 11.4. The Labute approximate surface area is 89.9 Å². The fraction of sp³-hybridized carbons (Fsp3) is 0.200. The number of nitrogens with one attached hydrogen (secondary N) is 1. The minimum atomic E-state index is -0.166. The molecule has 0 bridgehead atoms. The molecule has 0 unspecified atom stereocenters. The number of hydrogen-bond acceptors (Lipinski definition) is 4. The van der Waals surface area contributed by atoms with Crippen molar-refractivity contribution in [3.8, 4) is 0 Å². The molecule has 0 aliphatic heterocycles. The first-order valence-corrected chi connectivity index (χ1v) is 4.89. The fourth-order valence-corrected chi connectivity index (χ4v) is 1.84. The van der Waals surface area contributed by atoms with E-state index in [0.717, 1.165) is 16.6 Å². The molecule has 0 aliphatic rings. The summed E-state index contributed by atoms with van der Waals surface area (Å²) in [6.07, 6.45) is 0. The second kappa shape index (κ2) is 2.88. The van der Waals surface area contributed by atoms with E-state index < -0.39 is 0 Å². The number of benzene rings is 1. The van der Waals surface area contributed by atoms with Gasteiger partial charge in [0.05, 0.1) is 10.9 Å². The van der Waals surface area contributed by atoms with Gasteiger partial charge in [0.15, 0.2) is 0 Å². The Hall–Kier alpha value is -2.24. The van der Waals surface area contributed by atoms with Gasteiger partial charge in [0.2, 0.25) is 0 Å². The summed E-state index contributed by atoms with van der Waals surface area (Å²) in [6, 6.07) is 3.71. The van der Waals surface area contributed by atoms with Crippen molar-refractivity contribution in [2.45, 2.75) is 13.8 Å². The molecule has 6 nitrogen and oxygen atoms in total. The molecular weight excluding hydrogens is 206 g/mol. The van der Waals surface area contributed by atoms with Gasteiger partial charge in [0.25, 0.3) is 11.3 Å². The van der Waals surface area contributed by atoms with Crippen LogP contribution in [0.15, 0.2) is 16.9 Å². The molecule has 0 spiro atoms. The number of aromatic amines is 1. The lowest BCUT2D eigenvalue weighted by molar-refractivity contribution is 0.838. The predicted molar refractivity (Wildman–Crippen MR) is 58.4 cm³/mol. The third-order valence-corrected chi connectivity index (χ3v) is 2.85. The molecule has 1 N–H and O–H groups in total. The van der Waals surface area contributed by atoms with Crippen LogP contribution in [0.3, 0.4) is 0 Å². The maximum Gasteiger partial charge on any atom is 0.260 e. The van der Waals surface area contributed by atoms with E-state index in [-0.39, 0.29) is 5.56 Å². The van der Waals surface area contributed by atoms with Crippen LogP contribution in [-0.4, -0.2) is 25.0 Å². The number of H-pyrrole nitrogens is 1. The van der Waals surface area contributed by atoms with Crippen molar-refractivity contribution in [2.24, 2.45) is 0 Å². The minimum Gasteiger partial charge on any atom is -0.289 e. The van der Waals surface area contributed by atoms with Gasteiger partial charge in [-0.1, -0.05) is 11.2 Å². The molecule has 0 saturated heterocycles. The highest BCUT2D eigenvalue weighted by Gasteiger charge is 2.10. The molecule has 0 aliphatic carbocycles. The van der Waals surface area contributed by atoms with Crippen molar-refractivity contribution in [3.63, 3.8) is 0 Å². The molecule has 0 radical (unpaired) electrons. The maximum absolute atomic E-state index is 11.8. The highest BCUT2D eigenvalue weighted by Crippen LogP contribution is 2.17. The predicted octanol–water partition coefficient (Wildman–Crippen LogP) is 0.583. The summed E-state index contributed by atoms with van der Waals surface area (Å²) >= 11 is 0. The van der Waals surface area contributed by atoms with E-state index in [1.807, 2.05) is 19.9 Å². The molecule has 80 valence electrons.